The van der Waals surface area contributed by atoms with Crippen LogP contribution in [0.15, 0.2) is 66.7 Å². The van der Waals surface area contributed by atoms with Crippen molar-refractivity contribution in [2.45, 2.75) is 33.1 Å². The van der Waals surface area contributed by atoms with Gasteiger partial charge in [0.15, 0.2) is 0 Å². The number of methoxy groups -OCH3 is 1. The summed E-state index contributed by atoms with van der Waals surface area (Å²) in [5.41, 5.74) is 4.61. The third kappa shape index (κ3) is 8.09. The van der Waals surface area contributed by atoms with Crippen LogP contribution in [0, 0.1) is 6.92 Å². The van der Waals surface area contributed by atoms with Crippen molar-refractivity contribution in [3.05, 3.63) is 89.0 Å². The van der Waals surface area contributed by atoms with Gasteiger partial charge in [0.2, 0.25) is 5.91 Å². The molecule has 0 saturated carbocycles. The van der Waals surface area contributed by atoms with Gasteiger partial charge in [0.25, 0.3) is 0 Å². The Morgan fingerprint density at radius 1 is 0.895 bits per heavy atom. The van der Waals surface area contributed by atoms with Crippen LogP contribution in [-0.2, 0) is 22.4 Å². The van der Waals surface area contributed by atoms with Crippen LogP contribution in [0.4, 0.5) is 16.2 Å². The largest absolute Gasteiger partial charge is 0.495 e. The van der Waals surface area contributed by atoms with Gasteiger partial charge >= 0.3 is 12.0 Å². The zero-order valence-electron chi connectivity index (χ0n) is 22.4. The van der Waals surface area contributed by atoms with E-state index in [-0.39, 0.29) is 24.3 Å². The van der Waals surface area contributed by atoms with Gasteiger partial charge < -0.3 is 25.0 Å². The highest BCUT2D eigenvalue weighted by atomic mass is 16.5. The number of carbonyl (C=O) groups excluding carboxylic acids is 3. The number of aryl methyl sites for hydroxylation is 2. The lowest BCUT2D eigenvalue weighted by molar-refractivity contribution is -0.129. The third-order valence-corrected chi connectivity index (χ3v) is 6.11. The van der Waals surface area contributed by atoms with Gasteiger partial charge in [-0.1, -0.05) is 36.4 Å². The summed E-state index contributed by atoms with van der Waals surface area (Å²) in [6, 6.07) is 19.8. The van der Waals surface area contributed by atoms with Gasteiger partial charge in [-0.3, -0.25) is 4.79 Å². The van der Waals surface area contributed by atoms with Crippen molar-refractivity contribution < 1.29 is 23.9 Å². The van der Waals surface area contributed by atoms with Gasteiger partial charge in [0.1, 0.15) is 5.75 Å². The van der Waals surface area contributed by atoms with E-state index in [9.17, 15) is 14.4 Å². The average Bonchev–Trinajstić information content (AvgIpc) is 2.91. The second kappa shape index (κ2) is 13.8. The number of likely N-dealkylation sites (N-methyl/N-ethyl adjacent to an activating group) is 1. The van der Waals surface area contributed by atoms with E-state index < -0.39 is 0 Å². The molecule has 0 unspecified atom stereocenters. The van der Waals surface area contributed by atoms with E-state index in [1.807, 2.05) is 49.4 Å². The Balaban J connectivity index is 1.49. The molecule has 0 aliphatic rings. The van der Waals surface area contributed by atoms with Gasteiger partial charge in [-0.25, -0.2) is 9.59 Å². The zero-order valence-corrected chi connectivity index (χ0v) is 22.4. The second-order valence-corrected chi connectivity index (χ2v) is 8.94. The first-order chi connectivity index (χ1) is 18.3. The smallest absolute Gasteiger partial charge is 0.338 e. The van der Waals surface area contributed by atoms with E-state index in [1.165, 1.54) is 7.11 Å². The number of hydrogen-bond donors (Lipinski definition) is 2. The highest BCUT2D eigenvalue weighted by Crippen LogP contribution is 2.26. The fourth-order valence-electron chi connectivity index (χ4n) is 3.91. The maximum Gasteiger partial charge on any atom is 0.338 e. The molecule has 3 aromatic carbocycles. The summed E-state index contributed by atoms with van der Waals surface area (Å²) in [7, 11) is 3.31. The number of urea groups is 1. The molecule has 0 fully saturated rings. The number of nitrogens with zero attached hydrogens (tertiary/aromatic N) is 1. The van der Waals surface area contributed by atoms with Crippen molar-refractivity contribution in [3.8, 4) is 5.75 Å². The number of hydrogen-bond acceptors (Lipinski definition) is 5. The predicted octanol–water partition coefficient (Wildman–Crippen LogP) is 5.46. The van der Waals surface area contributed by atoms with Gasteiger partial charge in [-0.2, -0.15) is 0 Å². The molecule has 8 nitrogen and oxygen atoms in total. The molecule has 200 valence electrons. The van der Waals surface area contributed by atoms with Crippen molar-refractivity contribution in [2.75, 3.05) is 37.9 Å². The van der Waals surface area contributed by atoms with E-state index in [1.54, 1.807) is 43.1 Å². The van der Waals surface area contributed by atoms with Crippen molar-refractivity contribution in [1.29, 1.82) is 0 Å². The monoisotopic (exact) mass is 517 g/mol. The first-order valence-electron chi connectivity index (χ1n) is 12.6. The van der Waals surface area contributed by atoms with Crippen LogP contribution in [0.3, 0.4) is 0 Å². The van der Waals surface area contributed by atoms with E-state index in [2.05, 4.69) is 10.6 Å². The zero-order chi connectivity index (χ0) is 27.5. The molecule has 0 bridgehead atoms. The third-order valence-electron chi connectivity index (χ3n) is 6.11. The fourth-order valence-corrected chi connectivity index (χ4v) is 3.91. The van der Waals surface area contributed by atoms with Crippen LogP contribution in [0.5, 0.6) is 5.75 Å². The molecule has 3 rings (SSSR count). The summed E-state index contributed by atoms with van der Waals surface area (Å²) < 4.78 is 10.5. The van der Waals surface area contributed by atoms with E-state index >= 15 is 0 Å². The van der Waals surface area contributed by atoms with E-state index in [0.29, 0.717) is 30.2 Å². The number of anilines is 2. The molecule has 0 spiro atoms. The van der Waals surface area contributed by atoms with Crippen LogP contribution in [-0.4, -0.2) is 50.1 Å². The van der Waals surface area contributed by atoms with Crippen molar-refractivity contribution in [1.82, 2.24) is 4.90 Å². The average molecular weight is 518 g/mol. The molecule has 3 amide bonds. The Morgan fingerprint density at radius 3 is 2.26 bits per heavy atom. The Labute approximate surface area is 223 Å². The summed E-state index contributed by atoms with van der Waals surface area (Å²) in [5.74, 6) is 0.141. The van der Waals surface area contributed by atoms with Crippen LogP contribution < -0.4 is 15.4 Å². The molecule has 0 radical (unpaired) electrons. The van der Waals surface area contributed by atoms with E-state index in [0.717, 1.165) is 35.2 Å². The molecule has 0 saturated heterocycles. The molecular formula is C30H35N3O5. The highest BCUT2D eigenvalue weighted by molar-refractivity contribution is 6.01. The van der Waals surface area contributed by atoms with Gasteiger partial charge in [0.05, 0.1) is 31.4 Å². The first kappa shape index (κ1) is 28.2. The maximum atomic E-state index is 12.8. The standard InChI is InChI=1S/C30H35N3O5/c1-5-38-29(35)24-15-12-22(13-16-24)10-8-18-33(3)28(34)20-23-14-17-26(27(19-23)37-4)32-30(36)31-25-11-7-6-9-21(25)2/h6-7,9,11-17,19H,5,8,10,18,20H2,1-4H3,(H2,31,32,36). The van der Waals surface area contributed by atoms with Crippen LogP contribution in [0.25, 0.3) is 0 Å². The molecule has 0 atom stereocenters. The summed E-state index contributed by atoms with van der Waals surface area (Å²) in [5, 5.41) is 5.63. The fraction of sp³-hybridized carbons (Fsp3) is 0.300. The number of carbonyl (C=O) groups is 3. The molecule has 0 aromatic heterocycles. The molecule has 0 aliphatic heterocycles. The second-order valence-electron chi connectivity index (χ2n) is 8.94. The minimum Gasteiger partial charge on any atom is -0.495 e. The van der Waals surface area contributed by atoms with Gasteiger partial charge in [-0.05, 0) is 73.7 Å². The molecular weight excluding hydrogens is 482 g/mol. The van der Waals surface area contributed by atoms with Crippen LogP contribution in [0.1, 0.15) is 40.4 Å². The number of benzene rings is 3. The predicted molar refractivity (Wildman–Crippen MR) is 149 cm³/mol. The maximum absolute atomic E-state index is 12.8. The SMILES string of the molecule is CCOC(=O)c1ccc(CCCN(C)C(=O)Cc2ccc(NC(=O)Nc3ccccc3C)c(OC)c2)cc1. The highest BCUT2D eigenvalue weighted by Gasteiger charge is 2.14. The molecule has 0 aliphatic carbocycles. The number of esters is 1. The van der Waals surface area contributed by atoms with Crippen molar-refractivity contribution in [3.63, 3.8) is 0 Å². The summed E-state index contributed by atoms with van der Waals surface area (Å²) in [6.45, 7) is 4.65. The van der Waals surface area contributed by atoms with Gasteiger partial charge in [0, 0.05) is 19.3 Å². The Morgan fingerprint density at radius 2 is 1.58 bits per heavy atom. The Hall–Kier alpha value is -4.33. The minimum atomic E-state index is -0.378. The lowest BCUT2D eigenvalue weighted by Gasteiger charge is -2.18. The van der Waals surface area contributed by atoms with Gasteiger partial charge in [-0.15, -0.1) is 0 Å². The summed E-state index contributed by atoms with van der Waals surface area (Å²) in [4.78, 5) is 38.7. The number of amides is 3. The lowest BCUT2D eigenvalue weighted by Crippen LogP contribution is -2.29. The van der Waals surface area contributed by atoms with Crippen LogP contribution >= 0.6 is 0 Å². The molecule has 2 N–H and O–H groups in total. The van der Waals surface area contributed by atoms with Crippen LogP contribution in [0.2, 0.25) is 0 Å². The Bertz CT molecular complexity index is 1260. The quantitative estimate of drug-likeness (QED) is 0.329. The van der Waals surface area contributed by atoms with Crippen molar-refractivity contribution >= 4 is 29.3 Å². The molecule has 8 heteroatoms. The minimum absolute atomic E-state index is 0.0114. The number of rotatable bonds is 11. The topological polar surface area (TPSA) is 97.0 Å². The molecule has 0 heterocycles. The molecule has 38 heavy (non-hydrogen) atoms. The number of nitrogens with one attached hydrogen (secondary N) is 2. The Kier molecular flexibility index (Phi) is 10.3. The lowest BCUT2D eigenvalue weighted by atomic mass is 10.1. The summed E-state index contributed by atoms with van der Waals surface area (Å²) in [6.07, 6.45) is 1.81. The number of para-hydroxylation sites is 1. The molecule has 3 aromatic rings. The normalized spacial score (nSPS) is 10.4. The first-order valence-corrected chi connectivity index (χ1v) is 12.6. The van der Waals surface area contributed by atoms with E-state index in [4.69, 9.17) is 9.47 Å². The number of ether oxygens (including phenoxy) is 2. The van der Waals surface area contributed by atoms with Crippen molar-refractivity contribution in [2.24, 2.45) is 0 Å². The summed E-state index contributed by atoms with van der Waals surface area (Å²) >= 11 is 0.